The molecule has 0 atom stereocenters. The summed E-state index contributed by atoms with van der Waals surface area (Å²) >= 11 is 0. The van der Waals surface area contributed by atoms with E-state index in [2.05, 4.69) is 47.2 Å². The molecule has 20 heavy (non-hydrogen) atoms. The lowest BCUT2D eigenvalue weighted by Crippen LogP contribution is -2.16. The molecule has 3 rings (SSSR count). The first-order valence-corrected chi connectivity index (χ1v) is 7.45. The molecule has 0 radical (unpaired) electrons. The van der Waals surface area contributed by atoms with Gasteiger partial charge in [0.15, 0.2) is 0 Å². The van der Waals surface area contributed by atoms with Crippen LogP contribution in [0.15, 0.2) is 12.4 Å². The summed E-state index contributed by atoms with van der Waals surface area (Å²) in [4.78, 5) is 0. The maximum atomic E-state index is 4.68. The van der Waals surface area contributed by atoms with Crippen LogP contribution in [0.4, 0.5) is 0 Å². The van der Waals surface area contributed by atoms with Gasteiger partial charge in [-0.05, 0) is 33.6 Å². The van der Waals surface area contributed by atoms with Crippen LogP contribution in [0.25, 0.3) is 0 Å². The van der Waals surface area contributed by atoms with E-state index >= 15 is 0 Å². The Morgan fingerprint density at radius 3 is 2.80 bits per heavy atom. The number of aromatic nitrogens is 4. The highest BCUT2D eigenvalue weighted by molar-refractivity contribution is 5.25. The molecule has 0 bridgehead atoms. The average Bonchev–Trinajstić information content (AvgIpc) is 3.09. The summed E-state index contributed by atoms with van der Waals surface area (Å²) in [6, 6.07) is 0.736. The van der Waals surface area contributed by atoms with Gasteiger partial charge in [0.1, 0.15) is 0 Å². The van der Waals surface area contributed by atoms with E-state index in [-0.39, 0.29) is 0 Å². The van der Waals surface area contributed by atoms with Crippen LogP contribution < -0.4 is 5.32 Å². The van der Waals surface area contributed by atoms with E-state index in [9.17, 15) is 0 Å². The minimum atomic E-state index is 0.736. The number of hydrogen-bond acceptors (Lipinski definition) is 3. The van der Waals surface area contributed by atoms with Crippen LogP contribution in [0.2, 0.25) is 0 Å². The highest BCUT2D eigenvalue weighted by atomic mass is 15.3. The molecule has 0 saturated heterocycles. The van der Waals surface area contributed by atoms with E-state index < -0.39 is 0 Å². The maximum absolute atomic E-state index is 4.68. The molecular weight excluding hydrogens is 250 g/mol. The first kappa shape index (κ1) is 13.4. The molecule has 1 aliphatic carbocycles. The number of rotatable bonds is 6. The maximum Gasteiger partial charge on any atom is 0.0693 e. The molecule has 5 heteroatoms. The molecule has 2 aromatic heterocycles. The molecule has 1 saturated carbocycles. The molecular formula is C15H23N5. The van der Waals surface area contributed by atoms with Gasteiger partial charge in [0.05, 0.1) is 18.4 Å². The third-order valence-corrected chi connectivity index (χ3v) is 4.02. The fraction of sp³-hybridized carbons (Fsp3) is 0.600. The average molecular weight is 273 g/mol. The molecule has 108 valence electrons. The lowest BCUT2D eigenvalue weighted by Gasteiger charge is -2.05. The Labute approximate surface area is 120 Å². The predicted molar refractivity (Wildman–Crippen MR) is 78.6 cm³/mol. The Hall–Kier alpha value is -1.62. The molecule has 5 nitrogen and oxygen atoms in total. The van der Waals surface area contributed by atoms with Gasteiger partial charge in [-0.2, -0.15) is 10.2 Å². The number of nitrogens with zero attached hydrogens (tertiary/aromatic N) is 4. The first-order valence-electron chi connectivity index (χ1n) is 7.45. The zero-order valence-electron chi connectivity index (χ0n) is 12.6. The molecule has 1 aliphatic rings. The summed E-state index contributed by atoms with van der Waals surface area (Å²) in [5.41, 5.74) is 4.96. The van der Waals surface area contributed by atoms with Gasteiger partial charge in [-0.25, -0.2) is 0 Å². The van der Waals surface area contributed by atoms with Crippen molar-refractivity contribution in [1.29, 1.82) is 0 Å². The molecule has 0 aliphatic heterocycles. The Bertz CT molecular complexity index is 591. The van der Waals surface area contributed by atoms with Crippen LogP contribution in [0.1, 0.15) is 42.3 Å². The zero-order chi connectivity index (χ0) is 14.1. The van der Waals surface area contributed by atoms with Crippen LogP contribution in [-0.4, -0.2) is 25.6 Å². The van der Waals surface area contributed by atoms with Crippen molar-refractivity contribution in [2.45, 2.75) is 59.3 Å². The summed E-state index contributed by atoms with van der Waals surface area (Å²) in [5, 5.41) is 12.6. The van der Waals surface area contributed by atoms with Gasteiger partial charge in [0, 0.05) is 42.1 Å². The minimum Gasteiger partial charge on any atom is -0.310 e. The third kappa shape index (κ3) is 2.77. The minimum absolute atomic E-state index is 0.736. The Morgan fingerprint density at radius 1 is 1.35 bits per heavy atom. The summed E-state index contributed by atoms with van der Waals surface area (Å²) in [7, 11) is 0. The highest BCUT2D eigenvalue weighted by Crippen LogP contribution is 2.21. The Morgan fingerprint density at radius 2 is 2.15 bits per heavy atom. The molecule has 0 unspecified atom stereocenters. The Balaban J connectivity index is 1.73. The monoisotopic (exact) mass is 273 g/mol. The van der Waals surface area contributed by atoms with Crippen LogP contribution in [-0.2, 0) is 19.6 Å². The van der Waals surface area contributed by atoms with Crippen LogP contribution >= 0.6 is 0 Å². The molecule has 0 spiro atoms. The molecule has 1 N–H and O–H groups in total. The van der Waals surface area contributed by atoms with Gasteiger partial charge < -0.3 is 5.32 Å². The van der Waals surface area contributed by atoms with Gasteiger partial charge >= 0.3 is 0 Å². The van der Waals surface area contributed by atoms with Crippen LogP contribution in [0.3, 0.4) is 0 Å². The highest BCUT2D eigenvalue weighted by Gasteiger charge is 2.21. The van der Waals surface area contributed by atoms with Crippen molar-refractivity contribution in [1.82, 2.24) is 24.9 Å². The van der Waals surface area contributed by atoms with Crippen molar-refractivity contribution in [3.05, 3.63) is 34.9 Å². The largest absolute Gasteiger partial charge is 0.310 e. The van der Waals surface area contributed by atoms with Crippen LogP contribution in [0.5, 0.6) is 0 Å². The van der Waals surface area contributed by atoms with E-state index in [1.165, 1.54) is 29.7 Å². The first-order chi connectivity index (χ1) is 9.67. The standard InChI is InChI=1S/C15H23N5/c1-4-19-9-13(7-17-19)10-20-12(3)15(11(2)18-20)8-16-14-5-6-14/h7,9,14,16H,4-6,8,10H2,1-3H3. The second kappa shape index (κ2) is 5.40. The van der Waals surface area contributed by atoms with E-state index in [1.54, 1.807) is 0 Å². The molecule has 2 heterocycles. The van der Waals surface area contributed by atoms with Crippen molar-refractivity contribution in [2.75, 3.05) is 0 Å². The second-order valence-electron chi connectivity index (χ2n) is 5.67. The third-order valence-electron chi connectivity index (χ3n) is 4.02. The van der Waals surface area contributed by atoms with Crippen LogP contribution in [0, 0.1) is 13.8 Å². The van der Waals surface area contributed by atoms with E-state index in [0.29, 0.717) is 0 Å². The molecule has 1 fully saturated rings. The number of hydrogen-bond donors (Lipinski definition) is 1. The van der Waals surface area contributed by atoms with Crippen molar-refractivity contribution in [3.8, 4) is 0 Å². The van der Waals surface area contributed by atoms with E-state index in [4.69, 9.17) is 0 Å². The lowest BCUT2D eigenvalue weighted by atomic mass is 10.2. The van der Waals surface area contributed by atoms with E-state index in [1.807, 2.05) is 10.9 Å². The quantitative estimate of drug-likeness (QED) is 0.876. The number of nitrogens with one attached hydrogen (secondary N) is 1. The molecule has 2 aromatic rings. The van der Waals surface area contributed by atoms with Gasteiger partial charge in [0.25, 0.3) is 0 Å². The summed E-state index contributed by atoms with van der Waals surface area (Å²) < 4.78 is 4.05. The summed E-state index contributed by atoms with van der Waals surface area (Å²) in [5.74, 6) is 0. The zero-order valence-corrected chi connectivity index (χ0v) is 12.6. The van der Waals surface area contributed by atoms with Gasteiger partial charge in [-0.1, -0.05) is 0 Å². The number of aryl methyl sites for hydroxylation is 2. The van der Waals surface area contributed by atoms with Crippen molar-refractivity contribution >= 4 is 0 Å². The van der Waals surface area contributed by atoms with Gasteiger partial charge in [-0.3, -0.25) is 9.36 Å². The summed E-state index contributed by atoms with van der Waals surface area (Å²) in [6.45, 7) is 9.01. The lowest BCUT2D eigenvalue weighted by molar-refractivity contribution is 0.644. The summed E-state index contributed by atoms with van der Waals surface area (Å²) in [6.07, 6.45) is 6.67. The van der Waals surface area contributed by atoms with E-state index in [0.717, 1.165) is 31.4 Å². The SMILES string of the molecule is CCn1cc(Cn2nc(C)c(CNC3CC3)c2C)cn1. The van der Waals surface area contributed by atoms with Gasteiger partial charge in [-0.15, -0.1) is 0 Å². The molecule has 0 amide bonds. The smallest absolute Gasteiger partial charge is 0.0693 e. The van der Waals surface area contributed by atoms with Crippen molar-refractivity contribution in [2.24, 2.45) is 0 Å². The Kier molecular flexibility index (Phi) is 3.61. The topological polar surface area (TPSA) is 47.7 Å². The van der Waals surface area contributed by atoms with Crippen molar-refractivity contribution < 1.29 is 0 Å². The second-order valence-corrected chi connectivity index (χ2v) is 5.67. The fourth-order valence-electron chi connectivity index (χ4n) is 2.51. The normalized spacial score (nSPS) is 14.9. The predicted octanol–water partition coefficient (Wildman–Crippen LogP) is 2.02. The molecule has 0 aromatic carbocycles. The fourth-order valence-corrected chi connectivity index (χ4v) is 2.51. The van der Waals surface area contributed by atoms with Gasteiger partial charge in [0.2, 0.25) is 0 Å². The van der Waals surface area contributed by atoms with Crippen molar-refractivity contribution in [3.63, 3.8) is 0 Å².